The first-order chi connectivity index (χ1) is 7.57. The highest BCUT2D eigenvalue weighted by Crippen LogP contribution is 2.24. The van der Waals surface area contributed by atoms with E-state index in [0.717, 1.165) is 6.07 Å². The van der Waals surface area contributed by atoms with Crippen LogP contribution in [0.25, 0.3) is 0 Å². The maximum Gasteiger partial charge on any atom is 0.340 e. The van der Waals surface area contributed by atoms with E-state index < -0.39 is 11.8 Å². The topological polar surface area (TPSA) is 101 Å². The molecule has 0 unspecified atom stereocenters. The standard InChI is InChI=1S/C10H14FN3O2/c11-6-2-3-7(14-5-1-4-12)8(9(6)13)10(15)16/h2-3,14H,1,4-5,12-13H2,(H,15,16). The predicted molar refractivity (Wildman–Crippen MR) is 59.9 cm³/mol. The molecule has 0 saturated heterocycles. The number of anilines is 2. The summed E-state index contributed by atoms with van der Waals surface area (Å²) in [5.74, 6) is -1.99. The van der Waals surface area contributed by atoms with E-state index in [1.54, 1.807) is 0 Å². The van der Waals surface area contributed by atoms with E-state index in [1.165, 1.54) is 6.07 Å². The first-order valence-electron chi connectivity index (χ1n) is 4.83. The third kappa shape index (κ3) is 2.60. The molecule has 6 N–H and O–H groups in total. The van der Waals surface area contributed by atoms with Crippen molar-refractivity contribution >= 4 is 17.3 Å². The van der Waals surface area contributed by atoms with Crippen LogP contribution in [0, 0.1) is 5.82 Å². The Morgan fingerprint density at radius 2 is 2.19 bits per heavy atom. The summed E-state index contributed by atoms with van der Waals surface area (Å²) in [5.41, 5.74) is 10.4. The molecule has 0 amide bonds. The van der Waals surface area contributed by atoms with Crippen molar-refractivity contribution in [1.29, 1.82) is 0 Å². The molecule has 0 atom stereocenters. The molecule has 0 saturated carbocycles. The number of hydrogen-bond donors (Lipinski definition) is 4. The smallest absolute Gasteiger partial charge is 0.340 e. The Morgan fingerprint density at radius 3 is 2.75 bits per heavy atom. The van der Waals surface area contributed by atoms with Gasteiger partial charge in [0.2, 0.25) is 0 Å². The number of carboxylic acid groups (broad SMARTS) is 1. The number of aromatic carboxylic acids is 1. The molecule has 0 spiro atoms. The molecule has 1 aromatic carbocycles. The Balaban J connectivity index is 2.99. The van der Waals surface area contributed by atoms with E-state index in [0.29, 0.717) is 25.2 Å². The summed E-state index contributed by atoms with van der Waals surface area (Å²) in [6, 6.07) is 2.48. The summed E-state index contributed by atoms with van der Waals surface area (Å²) < 4.78 is 13.1. The lowest BCUT2D eigenvalue weighted by atomic mass is 10.1. The monoisotopic (exact) mass is 227 g/mol. The fourth-order valence-corrected chi connectivity index (χ4v) is 1.30. The molecule has 0 fully saturated rings. The Hall–Kier alpha value is -1.82. The van der Waals surface area contributed by atoms with Gasteiger partial charge in [-0.05, 0) is 25.1 Å². The van der Waals surface area contributed by atoms with E-state index in [2.05, 4.69) is 5.32 Å². The van der Waals surface area contributed by atoms with Gasteiger partial charge in [-0.1, -0.05) is 0 Å². The fraction of sp³-hybridized carbons (Fsp3) is 0.300. The number of nitrogen functional groups attached to an aromatic ring is 1. The largest absolute Gasteiger partial charge is 0.478 e. The number of hydrogen-bond acceptors (Lipinski definition) is 4. The van der Waals surface area contributed by atoms with Crippen molar-refractivity contribution in [2.45, 2.75) is 6.42 Å². The summed E-state index contributed by atoms with van der Waals surface area (Å²) >= 11 is 0. The number of benzene rings is 1. The molecule has 1 aromatic rings. The van der Waals surface area contributed by atoms with Crippen molar-refractivity contribution < 1.29 is 14.3 Å². The Kier molecular flexibility index (Phi) is 4.07. The van der Waals surface area contributed by atoms with Crippen LogP contribution in [0.1, 0.15) is 16.8 Å². The Labute approximate surface area is 92.2 Å². The third-order valence-corrected chi connectivity index (χ3v) is 2.10. The van der Waals surface area contributed by atoms with Gasteiger partial charge in [-0.3, -0.25) is 0 Å². The summed E-state index contributed by atoms with van der Waals surface area (Å²) in [6.45, 7) is 1.01. The van der Waals surface area contributed by atoms with Crippen LogP contribution in [0.15, 0.2) is 12.1 Å². The predicted octanol–water partition coefficient (Wildman–Crippen LogP) is 0.867. The number of carboxylic acids is 1. The molecule has 6 heteroatoms. The van der Waals surface area contributed by atoms with Gasteiger partial charge in [0.05, 0.1) is 11.4 Å². The van der Waals surface area contributed by atoms with Gasteiger partial charge in [-0.25, -0.2) is 9.18 Å². The van der Waals surface area contributed by atoms with E-state index >= 15 is 0 Å². The molecular weight excluding hydrogens is 213 g/mol. The lowest BCUT2D eigenvalue weighted by Crippen LogP contribution is -2.13. The summed E-state index contributed by atoms with van der Waals surface area (Å²) in [4.78, 5) is 10.9. The maximum absolute atomic E-state index is 13.1. The minimum absolute atomic E-state index is 0.239. The number of nitrogens with one attached hydrogen (secondary N) is 1. The molecule has 0 heterocycles. The second kappa shape index (κ2) is 5.32. The highest BCUT2D eigenvalue weighted by Gasteiger charge is 2.16. The van der Waals surface area contributed by atoms with Crippen molar-refractivity contribution in [1.82, 2.24) is 0 Å². The van der Waals surface area contributed by atoms with E-state index in [-0.39, 0.29) is 11.3 Å². The molecule has 5 nitrogen and oxygen atoms in total. The van der Waals surface area contributed by atoms with Crippen LogP contribution in [0.2, 0.25) is 0 Å². The lowest BCUT2D eigenvalue weighted by Gasteiger charge is -2.11. The number of nitrogens with two attached hydrogens (primary N) is 2. The zero-order valence-corrected chi connectivity index (χ0v) is 8.66. The van der Waals surface area contributed by atoms with Crippen molar-refractivity contribution in [3.8, 4) is 0 Å². The van der Waals surface area contributed by atoms with Crippen LogP contribution in [-0.2, 0) is 0 Å². The van der Waals surface area contributed by atoms with Gasteiger partial charge in [-0.2, -0.15) is 0 Å². The molecule has 1 rings (SSSR count). The number of halogens is 1. The number of rotatable bonds is 5. The maximum atomic E-state index is 13.1. The first-order valence-corrected chi connectivity index (χ1v) is 4.83. The van der Waals surface area contributed by atoms with Gasteiger partial charge in [0.15, 0.2) is 0 Å². The molecule has 0 aliphatic rings. The Morgan fingerprint density at radius 1 is 1.50 bits per heavy atom. The highest BCUT2D eigenvalue weighted by atomic mass is 19.1. The normalized spacial score (nSPS) is 10.1. The van der Waals surface area contributed by atoms with Crippen molar-refractivity contribution in [3.05, 3.63) is 23.5 Å². The van der Waals surface area contributed by atoms with Gasteiger partial charge >= 0.3 is 5.97 Å². The molecule has 0 aromatic heterocycles. The van der Waals surface area contributed by atoms with Crippen molar-refractivity contribution in [2.75, 3.05) is 24.1 Å². The van der Waals surface area contributed by atoms with Crippen LogP contribution in [0.3, 0.4) is 0 Å². The molecule has 0 radical (unpaired) electrons. The minimum Gasteiger partial charge on any atom is -0.478 e. The quantitative estimate of drug-likeness (QED) is 0.441. The van der Waals surface area contributed by atoms with Crippen LogP contribution >= 0.6 is 0 Å². The summed E-state index contributed by atoms with van der Waals surface area (Å²) in [7, 11) is 0. The molecule has 16 heavy (non-hydrogen) atoms. The number of carbonyl (C=O) groups is 1. The van der Waals surface area contributed by atoms with Crippen LogP contribution in [0.4, 0.5) is 15.8 Å². The van der Waals surface area contributed by atoms with Gasteiger partial charge in [0.1, 0.15) is 11.4 Å². The minimum atomic E-state index is -1.26. The van der Waals surface area contributed by atoms with Gasteiger partial charge in [0.25, 0.3) is 0 Å². The molecule has 88 valence electrons. The SMILES string of the molecule is NCCCNc1ccc(F)c(N)c1C(=O)O. The van der Waals surface area contributed by atoms with Gasteiger partial charge < -0.3 is 21.9 Å². The molecule has 0 bridgehead atoms. The van der Waals surface area contributed by atoms with Gasteiger partial charge in [0, 0.05) is 6.54 Å². The summed E-state index contributed by atoms with van der Waals surface area (Å²) in [5, 5.41) is 11.8. The van der Waals surface area contributed by atoms with Gasteiger partial charge in [-0.15, -0.1) is 0 Å². The Bertz CT molecular complexity index is 396. The van der Waals surface area contributed by atoms with Crippen LogP contribution in [-0.4, -0.2) is 24.2 Å². The second-order valence-corrected chi connectivity index (χ2v) is 3.26. The molecular formula is C10H14FN3O2. The van der Waals surface area contributed by atoms with E-state index in [4.69, 9.17) is 16.6 Å². The van der Waals surface area contributed by atoms with Crippen molar-refractivity contribution in [3.63, 3.8) is 0 Å². The lowest BCUT2D eigenvalue weighted by molar-refractivity contribution is 0.0698. The molecule has 0 aliphatic carbocycles. The van der Waals surface area contributed by atoms with Crippen molar-refractivity contribution in [2.24, 2.45) is 5.73 Å². The van der Waals surface area contributed by atoms with Crippen LogP contribution in [0.5, 0.6) is 0 Å². The average Bonchev–Trinajstić information content (AvgIpc) is 2.23. The van der Waals surface area contributed by atoms with E-state index in [9.17, 15) is 9.18 Å². The first kappa shape index (κ1) is 12.3. The zero-order chi connectivity index (χ0) is 12.1. The average molecular weight is 227 g/mol. The fourth-order valence-electron chi connectivity index (χ4n) is 1.30. The third-order valence-electron chi connectivity index (χ3n) is 2.10. The van der Waals surface area contributed by atoms with Crippen LogP contribution < -0.4 is 16.8 Å². The summed E-state index contributed by atoms with van der Waals surface area (Å²) in [6.07, 6.45) is 0.691. The molecule has 0 aliphatic heterocycles. The highest BCUT2D eigenvalue weighted by molar-refractivity contribution is 6.00. The zero-order valence-electron chi connectivity index (χ0n) is 8.66. The van der Waals surface area contributed by atoms with E-state index in [1.807, 2.05) is 0 Å². The second-order valence-electron chi connectivity index (χ2n) is 3.26.